The van der Waals surface area contributed by atoms with Crippen LogP contribution in [0.25, 0.3) is 0 Å². The van der Waals surface area contributed by atoms with E-state index in [1.54, 1.807) is 7.11 Å². The van der Waals surface area contributed by atoms with Gasteiger partial charge in [-0.3, -0.25) is 0 Å². The summed E-state index contributed by atoms with van der Waals surface area (Å²) >= 11 is 11.4. The maximum atomic E-state index is 5.92. The van der Waals surface area contributed by atoms with Gasteiger partial charge in [-0.05, 0) is 47.9 Å². The molecule has 3 aromatic rings. The molecule has 0 bridgehead atoms. The molecule has 3 aromatic carbocycles. The second-order valence-electron chi connectivity index (χ2n) is 6.27. The molecular weight excluding hydrogens is 390 g/mol. The lowest BCUT2D eigenvalue weighted by atomic mass is 10.1. The number of hydrogen-bond acceptors (Lipinski definition) is 3. The Kier molecular flexibility index (Phi) is 7.29. The second-order valence-corrected chi connectivity index (χ2v) is 7.12. The van der Waals surface area contributed by atoms with Crippen LogP contribution in [0.3, 0.4) is 0 Å². The van der Waals surface area contributed by atoms with Crippen LogP contribution in [0.15, 0.2) is 72.8 Å². The Bertz CT molecular complexity index is 914. The van der Waals surface area contributed by atoms with Crippen molar-refractivity contribution in [3.8, 4) is 11.5 Å². The van der Waals surface area contributed by atoms with Crippen molar-refractivity contribution in [1.29, 1.82) is 0 Å². The minimum Gasteiger partial charge on any atom is -0.493 e. The summed E-state index contributed by atoms with van der Waals surface area (Å²) in [6.45, 7) is 1.21. The molecule has 0 radical (unpaired) electrons. The monoisotopic (exact) mass is 411 g/mol. The number of halogens is 1. The van der Waals surface area contributed by atoms with Crippen LogP contribution in [-0.4, -0.2) is 18.6 Å². The Balaban J connectivity index is 1.58. The molecule has 0 aliphatic heterocycles. The third-order valence-electron chi connectivity index (χ3n) is 4.28. The molecule has 3 nitrogen and oxygen atoms in total. The molecule has 0 aromatic heterocycles. The van der Waals surface area contributed by atoms with Gasteiger partial charge in [-0.15, -0.1) is 0 Å². The first-order chi connectivity index (χ1) is 13.7. The third-order valence-corrected chi connectivity index (χ3v) is 4.91. The number of hydrogen-bond donors (Lipinski definition) is 1. The summed E-state index contributed by atoms with van der Waals surface area (Å²) in [4.78, 5) is 0.693. The van der Waals surface area contributed by atoms with Gasteiger partial charge in [0.15, 0.2) is 11.5 Å². The highest BCUT2D eigenvalue weighted by Crippen LogP contribution is 2.29. The predicted octanol–water partition coefficient (Wildman–Crippen LogP) is 5.44. The standard InChI is InChI=1S/C23H22ClNO2S/c1-26-22-15-19(23(28)25-14-13-17-5-3-2-4-6-17)9-12-21(22)27-16-18-7-10-20(24)11-8-18/h2-12,15H,13-14,16H2,1H3,(H,25,28). The molecule has 144 valence electrons. The largest absolute Gasteiger partial charge is 0.493 e. The minimum atomic E-state index is 0.437. The quantitative estimate of drug-likeness (QED) is 0.500. The fourth-order valence-corrected chi connectivity index (χ4v) is 3.09. The molecule has 0 amide bonds. The number of rotatable bonds is 8. The molecule has 0 saturated heterocycles. The molecule has 1 N–H and O–H groups in total. The van der Waals surface area contributed by atoms with E-state index in [9.17, 15) is 0 Å². The number of ether oxygens (including phenoxy) is 2. The van der Waals surface area contributed by atoms with Gasteiger partial charge in [0.05, 0.1) is 7.11 Å². The van der Waals surface area contributed by atoms with Gasteiger partial charge < -0.3 is 14.8 Å². The first-order valence-electron chi connectivity index (χ1n) is 9.03. The van der Waals surface area contributed by atoms with Gasteiger partial charge in [0.25, 0.3) is 0 Å². The van der Waals surface area contributed by atoms with Gasteiger partial charge in [0.1, 0.15) is 11.6 Å². The Morgan fingerprint density at radius 1 is 0.929 bits per heavy atom. The van der Waals surface area contributed by atoms with E-state index in [1.807, 2.05) is 60.7 Å². The highest BCUT2D eigenvalue weighted by atomic mass is 35.5. The Hall–Kier alpha value is -2.56. The summed E-state index contributed by atoms with van der Waals surface area (Å²) in [6.07, 6.45) is 0.917. The Morgan fingerprint density at radius 3 is 2.39 bits per heavy atom. The van der Waals surface area contributed by atoms with Crippen LogP contribution in [-0.2, 0) is 13.0 Å². The molecule has 0 saturated carbocycles. The van der Waals surface area contributed by atoms with Crippen molar-refractivity contribution in [3.63, 3.8) is 0 Å². The molecule has 0 heterocycles. The molecule has 5 heteroatoms. The van der Waals surface area contributed by atoms with Crippen molar-refractivity contribution >= 4 is 28.8 Å². The summed E-state index contributed by atoms with van der Waals surface area (Å²) in [6, 6.07) is 23.6. The fraction of sp³-hybridized carbons (Fsp3) is 0.174. The summed E-state index contributed by atoms with van der Waals surface area (Å²) < 4.78 is 11.4. The number of benzene rings is 3. The zero-order chi connectivity index (χ0) is 19.8. The van der Waals surface area contributed by atoms with Crippen molar-refractivity contribution in [2.45, 2.75) is 13.0 Å². The summed E-state index contributed by atoms with van der Waals surface area (Å²) in [5, 5.41) is 4.01. The first kappa shape index (κ1) is 20.2. The predicted molar refractivity (Wildman–Crippen MR) is 119 cm³/mol. The van der Waals surface area contributed by atoms with E-state index in [0.717, 1.165) is 24.1 Å². The summed E-state index contributed by atoms with van der Waals surface area (Å²) in [5.41, 5.74) is 3.22. The number of nitrogens with one attached hydrogen (secondary N) is 1. The van der Waals surface area contributed by atoms with E-state index >= 15 is 0 Å². The topological polar surface area (TPSA) is 30.5 Å². The molecule has 0 aliphatic rings. The van der Waals surface area contributed by atoms with E-state index in [1.165, 1.54) is 5.56 Å². The minimum absolute atomic E-state index is 0.437. The number of methoxy groups -OCH3 is 1. The van der Waals surface area contributed by atoms with Crippen LogP contribution in [0.5, 0.6) is 11.5 Å². The average Bonchev–Trinajstić information content (AvgIpc) is 2.74. The Labute approximate surface area is 176 Å². The van der Waals surface area contributed by atoms with Gasteiger partial charge >= 0.3 is 0 Å². The second kappa shape index (κ2) is 10.1. The lowest BCUT2D eigenvalue weighted by molar-refractivity contribution is 0.284. The molecule has 0 spiro atoms. The smallest absolute Gasteiger partial charge is 0.161 e. The van der Waals surface area contributed by atoms with Crippen LogP contribution in [0.2, 0.25) is 5.02 Å². The van der Waals surface area contributed by atoms with Crippen LogP contribution in [0.4, 0.5) is 0 Å². The lowest BCUT2D eigenvalue weighted by Crippen LogP contribution is -2.24. The molecule has 3 rings (SSSR count). The SMILES string of the molecule is COc1cc(C(=S)NCCc2ccccc2)ccc1OCc1ccc(Cl)cc1. The third kappa shape index (κ3) is 5.72. The maximum Gasteiger partial charge on any atom is 0.161 e. The van der Waals surface area contributed by atoms with Gasteiger partial charge in [-0.1, -0.05) is 66.3 Å². The van der Waals surface area contributed by atoms with Crippen molar-refractivity contribution < 1.29 is 9.47 Å². The molecule has 0 unspecified atom stereocenters. The van der Waals surface area contributed by atoms with E-state index in [-0.39, 0.29) is 0 Å². The fourth-order valence-electron chi connectivity index (χ4n) is 2.74. The maximum absolute atomic E-state index is 5.92. The van der Waals surface area contributed by atoms with Gasteiger partial charge in [0.2, 0.25) is 0 Å². The van der Waals surface area contributed by atoms with Crippen molar-refractivity contribution in [1.82, 2.24) is 5.32 Å². The van der Waals surface area contributed by atoms with Gasteiger partial charge in [-0.25, -0.2) is 0 Å². The molecular formula is C23H22ClNO2S. The van der Waals surface area contributed by atoms with Crippen molar-refractivity contribution in [2.75, 3.05) is 13.7 Å². The van der Waals surface area contributed by atoms with E-state index in [4.69, 9.17) is 33.3 Å². The van der Waals surface area contributed by atoms with Crippen molar-refractivity contribution in [2.24, 2.45) is 0 Å². The molecule has 0 aliphatic carbocycles. The highest BCUT2D eigenvalue weighted by Gasteiger charge is 2.09. The Morgan fingerprint density at radius 2 is 1.68 bits per heavy atom. The van der Waals surface area contributed by atoms with E-state index < -0.39 is 0 Å². The highest BCUT2D eigenvalue weighted by molar-refractivity contribution is 7.80. The normalized spacial score (nSPS) is 10.4. The van der Waals surface area contributed by atoms with Crippen LogP contribution in [0.1, 0.15) is 16.7 Å². The van der Waals surface area contributed by atoms with E-state index in [0.29, 0.717) is 28.1 Å². The van der Waals surface area contributed by atoms with E-state index in [2.05, 4.69) is 17.4 Å². The molecule has 0 fully saturated rings. The van der Waals surface area contributed by atoms with Crippen molar-refractivity contribution in [3.05, 3.63) is 94.5 Å². The lowest BCUT2D eigenvalue weighted by Gasteiger charge is -2.14. The van der Waals surface area contributed by atoms with Crippen LogP contribution < -0.4 is 14.8 Å². The van der Waals surface area contributed by atoms with Gasteiger partial charge in [-0.2, -0.15) is 0 Å². The molecule has 28 heavy (non-hydrogen) atoms. The van der Waals surface area contributed by atoms with Crippen LogP contribution in [0, 0.1) is 0 Å². The van der Waals surface area contributed by atoms with Gasteiger partial charge in [0, 0.05) is 17.1 Å². The molecule has 0 atom stereocenters. The summed E-state index contributed by atoms with van der Waals surface area (Å²) in [5.74, 6) is 1.33. The van der Waals surface area contributed by atoms with Crippen LogP contribution >= 0.6 is 23.8 Å². The zero-order valence-electron chi connectivity index (χ0n) is 15.7. The first-order valence-corrected chi connectivity index (χ1v) is 9.82. The zero-order valence-corrected chi connectivity index (χ0v) is 17.2. The summed E-state index contributed by atoms with van der Waals surface area (Å²) in [7, 11) is 1.63. The average molecular weight is 412 g/mol. The number of thiocarbonyl (C=S) groups is 1.